The van der Waals surface area contributed by atoms with Crippen LogP contribution in [0.2, 0.25) is 0 Å². The van der Waals surface area contributed by atoms with E-state index in [4.69, 9.17) is 5.84 Å². The van der Waals surface area contributed by atoms with Crippen LogP contribution in [0.5, 0.6) is 0 Å². The summed E-state index contributed by atoms with van der Waals surface area (Å²) in [6, 6.07) is 4.46. The molecule has 1 rings (SSSR count). The van der Waals surface area contributed by atoms with E-state index in [9.17, 15) is 0 Å². The lowest BCUT2D eigenvalue weighted by molar-refractivity contribution is 0.735. The summed E-state index contributed by atoms with van der Waals surface area (Å²) in [4.78, 5) is 0. The molecule has 1 aromatic carbocycles. The SMILES string of the molecule is CCCCc1ccc(NN)c(CCCC)c1CCCC. The second-order valence-corrected chi connectivity index (χ2v) is 5.68. The zero-order chi connectivity index (χ0) is 14.8. The Morgan fingerprint density at radius 1 is 0.800 bits per heavy atom. The van der Waals surface area contributed by atoms with Gasteiger partial charge in [-0.25, -0.2) is 0 Å². The van der Waals surface area contributed by atoms with Crippen LogP contribution in [0.1, 0.15) is 76.0 Å². The molecule has 0 fully saturated rings. The predicted octanol–water partition coefficient (Wildman–Crippen LogP) is 5.00. The van der Waals surface area contributed by atoms with Gasteiger partial charge in [-0.15, -0.1) is 0 Å². The Balaban J connectivity index is 3.09. The molecule has 0 amide bonds. The van der Waals surface area contributed by atoms with Crippen molar-refractivity contribution in [3.63, 3.8) is 0 Å². The summed E-state index contributed by atoms with van der Waals surface area (Å²) in [7, 11) is 0. The second-order valence-electron chi connectivity index (χ2n) is 5.68. The molecular formula is C18H32N2. The summed E-state index contributed by atoms with van der Waals surface area (Å²) >= 11 is 0. The van der Waals surface area contributed by atoms with E-state index in [1.807, 2.05) is 0 Å². The van der Waals surface area contributed by atoms with Gasteiger partial charge < -0.3 is 5.43 Å². The van der Waals surface area contributed by atoms with Crippen molar-refractivity contribution < 1.29 is 0 Å². The molecule has 0 saturated heterocycles. The lowest BCUT2D eigenvalue weighted by Crippen LogP contribution is -2.12. The molecule has 0 aliphatic heterocycles. The van der Waals surface area contributed by atoms with Crippen LogP contribution in [0.4, 0.5) is 5.69 Å². The molecule has 0 aliphatic rings. The summed E-state index contributed by atoms with van der Waals surface area (Å²) < 4.78 is 0. The first-order chi connectivity index (χ1) is 9.78. The predicted molar refractivity (Wildman–Crippen MR) is 90.1 cm³/mol. The van der Waals surface area contributed by atoms with Gasteiger partial charge in [-0.05, 0) is 61.3 Å². The Morgan fingerprint density at radius 3 is 1.90 bits per heavy atom. The summed E-state index contributed by atoms with van der Waals surface area (Å²) in [6.45, 7) is 6.78. The fourth-order valence-corrected chi connectivity index (χ4v) is 2.78. The maximum absolute atomic E-state index is 5.72. The molecule has 114 valence electrons. The monoisotopic (exact) mass is 276 g/mol. The number of aryl methyl sites for hydroxylation is 1. The fraction of sp³-hybridized carbons (Fsp3) is 0.667. The Labute approximate surface area is 125 Å². The minimum atomic E-state index is 1.13. The number of nitrogens with one attached hydrogen (secondary N) is 1. The molecule has 0 unspecified atom stereocenters. The third-order valence-electron chi connectivity index (χ3n) is 4.04. The Hall–Kier alpha value is -1.02. The molecule has 0 radical (unpaired) electrons. The molecule has 2 heteroatoms. The number of rotatable bonds is 10. The first-order valence-corrected chi connectivity index (χ1v) is 8.38. The average molecular weight is 276 g/mol. The molecule has 0 aliphatic carbocycles. The van der Waals surface area contributed by atoms with Crippen molar-refractivity contribution >= 4 is 5.69 Å². The summed E-state index contributed by atoms with van der Waals surface area (Å²) in [5, 5.41) is 0. The van der Waals surface area contributed by atoms with Gasteiger partial charge in [-0.1, -0.05) is 46.1 Å². The highest BCUT2D eigenvalue weighted by Crippen LogP contribution is 2.28. The van der Waals surface area contributed by atoms with E-state index >= 15 is 0 Å². The Morgan fingerprint density at radius 2 is 1.35 bits per heavy atom. The molecule has 0 spiro atoms. The van der Waals surface area contributed by atoms with Gasteiger partial charge in [0, 0.05) is 0 Å². The standard InChI is InChI=1S/C18H32N2/c1-4-7-10-15-13-14-18(20-19)17(12-9-6-3)16(15)11-8-5-2/h13-14,20H,4-12,19H2,1-3H3. The Bertz CT molecular complexity index is 385. The molecule has 3 N–H and O–H groups in total. The minimum absolute atomic E-state index is 1.13. The van der Waals surface area contributed by atoms with E-state index < -0.39 is 0 Å². The van der Waals surface area contributed by atoms with E-state index in [0.717, 1.165) is 12.1 Å². The third kappa shape index (κ3) is 4.82. The van der Waals surface area contributed by atoms with E-state index in [2.05, 4.69) is 38.3 Å². The van der Waals surface area contributed by atoms with Crippen LogP contribution >= 0.6 is 0 Å². The summed E-state index contributed by atoms with van der Waals surface area (Å²) in [5.74, 6) is 5.72. The average Bonchev–Trinajstić information content (AvgIpc) is 2.48. The van der Waals surface area contributed by atoms with Gasteiger partial charge in [0.2, 0.25) is 0 Å². The number of hydrazine groups is 1. The van der Waals surface area contributed by atoms with Crippen molar-refractivity contribution in [1.29, 1.82) is 0 Å². The fourth-order valence-electron chi connectivity index (χ4n) is 2.78. The van der Waals surface area contributed by atoms with Gasteiger partial charge in [0.15, 0.2) is 0 Å². The van der Waals surface area contributed by atoms with Crippen molar-refractivity contribution in [2.24, 2.45) is 5.84 Å². The minimum Gasteiger partial charge on any atom is -0.324 e. The second kappa shape index (κ2) is 9.82. The lowest BCUT2D eigenvalue weighted by atomic mass is 9.90. The zero-order valence-electron chi connectivity index (χ0n) is 13.6. The van der Waals surface area contributed by atoms with Gasteiger partial charge >= 0.3 is 0 Å². The van der Waals surface area contributed by atoms with Crippen LogP contribution in [0, 0.1) is 0 Å². The van der Waals surface area contributed by atoms with E-state index in [0.29, 0.717) is 0 Å². The van der Waals surface area contributed by atoms with Crippen molar-refractivity contribution in [1.82, 2.24) is 0 Å². The van der Waals surface area contributed by atoms with Gasteiger partial charge in [0.05, 0.1) is 5.69 Å². The number of hydrogen-bond donors (Lipinski definition) is 2. The highest BCUT2D eigenvalue weighted by Gasteiger charge is 2.12. The molecule has 1 aromatic rings. The van der Waals surface area contributed by atoms with Crippen molar-refractivity contribution in [3.05, 3.63) is 28.8 Å². The molecule has 2 nitrogen and oxygen atoms in total. The molecule has 0 aromatic heterocycles. The van der Waals surface area contributed by atoms with Crippen LogP contribution in [0.25, 0.3) is 0 Å². The van der Waals surface area contributed by atoms with Gasteiger partial charge in [-0.2, -0.15) is 0 Å². The van der Waals surface area contributed by atoms with Crippen molar-refractivity contribution in [3.8, 4) is 0 Å². The number of nitrogen functional groups attached to an aromatic ring is 1. The van der Waals surface area contributed by atoms with Gasteiger partial charge in [0.25, 0.3) is 0 Å². The molecular weight excluding hydrogens is 244 g/mol. The highest BCUT2D eigenvalue weighted by molar-refractivity contribution is 5.57. The third-order valence-corrected chi connectivity index (χ3v) is 4.04. The Kier molecular flexibility index (Phi) is 8.36. The number of unbranched alkanes of at least 4 members (excludes halogenated alkanes) is 3. The number of hydrogen-bond acceptors (Lipinski definition) is 2. The number of benzene rings is 1. The van der Waals surface area contributed by atoms with E-state index in [1.54, 1.807) is 11.1 Å². The van der Waals surface area contributed by atoms with Gasteiger partial charge in [-0.3, -0.25) is 5.84 Å². The van der Waals surface area contributed by atoms with Crippen LogP contribution in [0.3, 0.4) is 0 Å². The largest absolute Gasteiger partial charge is 0.324 e. The highest BCUT2D eigenvalue weighted by atomic mass is 15.2. The van der Waals surface area contributed by atoms with E-state index in [1.165, 1.54) is 56.9 Å². The van der Waals surface area contributed by atoms with Crippen LogP contribution in [-0.4, -0.2) is 0 Å². The van der Waals surface area contributed by atoms with Crippen molar-refractivity contribution in [2.45, 2.75) is 78.6 Å². The smallest absolute Gasteiger partial charge is 0.0520 e. The maximum Gasteiger partial charge on any atom is 0.0520 e. The van der Waals surface area contributed by atoms with E-state index in [-0.39, 0.29) is 0 Å². The normalized spacial score (nSPS) is 10.8. The first kappa shape index (κ1) is 17.0. The molecule has 0 heterocycles. The topological polar surface area (TPSA) is 38.0 Å². The zero-order valence-corrected chi connectivity index (χ0v) is 13.6. The number of nitrogens with two attached hydrogens (primary N) is 1. The molecule has 0 saturated carbocycles. The maximum atomic E-state index is 5.72. The lowest BCUT2D eigenvalue weighted by Gasteiger charge is -2.19. The van der Waals surface area contributed by atoms with Crippen molar-refractivity contribution in [2.75, 3.05) is 5.43 Å². The van der Waals surface area contributed by atoms with Crippen LogP contribution in [-0.2, 0) is 19.3 Å². The van der Waals surface area contributed by atoms with Crippen LogP contribution < -0.4 is 11.3 Å². The molecule has 0 bridgehead atoms. The summed E-state index contributed by atoms with van der Waals surface area (Å²) in [5.41, 5.74) is 8.62. The number of anilines is 1. The quantitative estimate of drug-likeness (QED) is 0.466. The van der Waals surface area contributed by atoms with Gasteiger partial charge in [0.1, 0.15) is 0 Å². The molecule has 20 heavy (non-hydrogen) atoms. The first-order valence-electron chi connectivity index (χ1n) is 8.38. The van der Waals surface area contributed by atoms with Crippen LogP contribution in [0.15, 0.2) is 12.1 Å². The summed E-state index contributed by atoms with van der Waals surface area (Å²) in [6.07, 6.45) is 11.1. The molecule has 0 atom stereocenters.